The number of thiophene rings is 1. The minimum atomic E-state index is -0.567. The summed E-state index contributed by atoms with van der Waals surface area (Å²) in [4.78, 5) is 17.2. The molecule has 22 heavy (non-hydrogen) atoms. The third kappa shape index (κ3) is 3.29. The lowest BCUT2D eigenvalue weighted by Crippen LogP contribution is -2.28. The minimum Gasteiger partial charge on any atom is -0.297 e. The van der Waals surface area contributed by atoms with E-state index in [0.717, 1.165) is 10.4 Å². The number of pyridine rings is 1. The zero-order valence-electron chi connectivity index (χ0n) is 11.4. The monoisotopic (exact) mass is 313 g/mol. The Hall–Kier alpha value is -2.73. The Morgan fingerprint density at radius 3 is 2.59 bits per heavy atom. The summed E-state index contributed by atoms with van der Waals surface area (Å²) in [5, 5.41) is 0. The second-order valence-corrected chi connectivity index (χ2v) is 5.56. The van der Waals surface area contributed by atoms with Gasteiger partial charge in [0.1, 0.15) is 0 Å². The van der Waals surface area contributed by atoms with Gasteiger partial charge >= 0.3 is 0 Å². The Morgan fingerprint density at radius 1 is 1.05 bits per heavy atom. The van der Waals surface area contributed by atoms with Crippen molar-refractivity contribution in [2.45, 2.75) is 0 Å². The van der Waals surface area contributed by atoms with Crippen LogP contribution in [0.25, 0.3) is 10.4 Å². The number of anilines is 1. The molecule has 0 radical (unpaired) electrons. The average molecular weight is 313 g/mol. The van der Waals surface area contributed by atoms with E-state index in [1.807, 2.05) is 36.4 Å². The molecule has 0 aliphatic carbocycles. The summed E-state index contributed by atoms with van der Waals surface area (Å²) in [5.74, 6) is -0.820. The van der Waals surface area contributed by atoms with Crippen molar-refractivity contribution in [2.24, 2.45) is 0 Å². The van der Waals surface area contributed by atoms with E-state index in [0.29, 0.717) is 10.6 Å². The van der Waals surface area contributed by atoms with Gasteiger partial charge in [-0.05, 0) is 29.8 Å². The number of carbonyl (C=O) groups is 1. The van der Waals surface area contributed by atoms with Crippen molar-refractivity contribution in [3.8, 4) is 10.4 Å². The van der Waals surface area contributed by atoms with Crippen LogP contribution in [-0.4, -0.2) is 10.9 Å². The molecule has 1 amide bonds. The Morgan fingerprint density at radius 2 is 1.86 bits per heavy atom. The molecule has 4 nitrogen and oxygen atoms in total. The van der Waals surface area contributed by atoms with E-state index >= 15 is 0 Å². The molecule has 0 aliphatic heterocycles. The Labute approximate surface area is 130 Å². The minimum absolute atomic E-state index is 0.253. The lowest BCUT2D eigenvalue weighted by Gasteiger charge is -2.06. The topological polar surface area (TPSA) is 54.0 Å². The first-order valence-electron chi connectivity index (χ1n) is 6.55. The van der Waals surface area contributed by atoms with E-state index in [1.165, 1.54) is 29.7 Å². The van der Waals surface area contributed by atoms with Crippen LogP contribution in [0.2, 0.25) is 0 Å². The smallest absolute Gasteiger partial charge is 0.279 e. The maximum absolute atomic E-state index is 12.7. The third-order valence-corrected chi connectivity index (χ3v) is 4.07. The maximum atomic E-state index is 12.7. The van der Waals surface area contributed by atoms with Crippen molar-refractivity contribution in [3.05, 3.63) is 71.6 Å². The first kappa shape index (κ1) is 14.2. The standard InChI is InChI=1S/C16H12FN3OS/c17-15-9-6-12(10-18-15)19-20-16(21)14-8-7-13(22-14)11-4-2-1-3-5-11/h1-10,19H,(H,20,21). The third-order valence-electron chi connectivity index (χ3n) is 2.94. The molecule has 3 rings (SSSR count). The lowest BCUT2D eigenvalue weighted by molar-refractivity contribution is 0.0966. The maximum Gasteiger partial charge on any atom is 0.279 e. The number of benzene rings is 1. The van der Waals surface area contributed by atoms with Gasteiger partial charge in [0.15, 0.2) is 0 Å². The number of hydrazine groups is 1. The highest BCUT2D eigenvalue weighted by Gasteiger charge is 2.10. The number of halogens is 1. The second-order valence-electron chi connectivity index (χ2n) is 4.48. The van der Waals surface area contributed by atoms with Gasteiger partial charge in [-0.25, -0.2) is 4.98 Å². The number of hydrogen-bond donors (Lipinski definition) is 2. The molecule has 0 atom stereocenters. The fourth-order valence-corrected chi connectivity index (χ4v) is 2.76. The zero-order chi connectivity index (χ0) is 15.4. The molecule has 0 spiro atoms. The van der Waals surface area contributed by atoms with Crippen LogP contribution in [0.1, 0.15) is 9.67 Å². The van der Waals surface area contributed by atoms with Crippen LogP contribution in [0.3, 0.4) is 0 Å². The predicted octanol–water partition coefficient (Wildman–Crippen LogP) is 3.71. The van der Waals surface area contributed by atoms with E-state index in [-0.39, 0.29) is 5.91 Å². The van der Waals surface area contributed by atoms with Gasteiger partial charge < -0.3 is 0 Å². The summed E-state index contributed by atoms with van der Waals surface area (Å²) in [6.45, 7) is 0. The molecule has 0 saturated carbocycles. The van der Waals surface area contributed by atoms with E-state index in [1.54, 1.807) is 6.07 Å². The summed E-state index contributed by atoms with van der Waals surface area (Å²) in [5.41, 5.74) is 6.84. The Balaban J connectivity index is 1.66. The van der Waals surface area contributed by atoms with Crippen LogP contribution in [-0.2, 0) is 0 Å². The highest BCUT2D eigenvalue weighted by molar-refractivity contribution is 7.17. The van der Waals surface area contributed by atoms with Gasteiger partial charge in [0.2, 0.25) is 5.95 Å². The van der Waals surface area contributed by atoms with Gasteiger partial charge in [-0.1, -0.05) is 30.3 Å². The summed E-state index contributed by atoms with van der Waals surface area (Å²) in [6, 6.07) is 16.2. The van der Waals surface area contributed by atoms with E-state index < -0.39 is 5.95 Å². The largest absolute Gasteiger partial charge is 0.297 e. The number of nitrogens with one attached hydrogen (secondary N) is 2. The molecule has 6 heteroatoms. The molecule has 0 unspecified atom stereocenters. The number of aromatic nitrogens is 1. The van der Waals surface area contributed by atoms with Gasteiger partial charge in [0.05, 0.1) is 16.8 Å². The van der Waals surface area contributed by atoms with Gasteiger partial charge in [0.25, 0.3) is 5.91 Å². The summed E-state index contributed by atoms with van der Waals surface area (Å²) >= 11 is 1.40. The van der Waals surface area contributed by atoms with E-state index in [9.17, 15) is 9.18 Å². The Bertz CT molecular complexity index is 772. The molecule has 0 fully saturated rings. The van der Waals surface area contributed by atoms with Crippen LogP contribution >= 0.6 is 11.3 Å². The normalized spacial score (nSPS) is 10.2. The molecule has 1 aromatic carbocycles. The molecule has 2 aromatic heterocycles. The fraction of sp³-hybridized carbons (Fsp3) is 0. The van der Waals surface area contributed by atoms with Crippen molar-refractivity contribution in [2.75, 3.05) is 5.43 Å². The molecule has 110 valence electrons. The molecular formula is C16H12FN3OS. The van der Waals surface area contributed by atoms with Crippen LogP contribution < -0.4 is 10.9 Å². The van der Waals surface area contributed by atoms with Crippen LogP contribution in [0, 0.1) is 5.95 Å². The highest BCUT2D eigenvalue weighted by Crippen LogP contribution is 2.27. The second kappa shape index (κ2) is 6.36. The Kier molecular flexibility index (Phi) is 4.11. The molecular weight excluding hydrogens is 301 g/mol. The van der Waals surface area contributed by atoms with Crippen molar-refractivity contribution < 1.29 is 9.18 Å². The number of rotatable bonds is 4. The van der Waals surface area contributed by atoms with Crippen molar-refractivity contribution in [1.29, 1.82) is 0 Å². The number of hydrogen-bond acceptors (Lipinski definition) is 4. The summed E-state index contributed by atoms with van der Waals surface area (Å²) < 4.78 is 12.7. The molecule has 0 saturated heterocycles. The van der Waals surface area contributed by atoms with Crippen LogP contribution in [0.15, 0.2) is 60.8 Å². The number of nitrogens with zero attached hydrogens (tertiary/aromatic N) is 1. The summed E-state index contributed by atoms with van der Waals surface area (Å²) in [7, 11) is 0. The predicted molar refractivity (Wildman–Crippen MR) is 85.0 cm³/mol. The molecule has 0 bridgehead atoms. The number of amides is 1. The van der Waals surface area contributed by atoms with Crippen LogP contribution in [0.4, 0.5) is 10.1 Å². The fourth-order valence-electron chi connectivity index (χ4n) is 1.86. The van der Waals surface area contributed by atoms with E-state index in [4.69, 9.17) is 0 Å². The average Bonchev–Trinajstić information content (AvgIpc) is 3.05. The van der Waals surface area contributed by atoms with Gasteiger partial charge in [0, 0.05) is 4.88 Å². The number of carbonyl (C=O) groups excluding carboxylic acids is 1. The van der Waals surface area contributed by atoms with Gasteiger partial charge in [-0.3, -0.25) is 15.6 Å². The van der Waals surface area contributed by atoms with Gasteiger partial charge in [-0.15, -0.1) is 11.3 Å². The van der Waals surface area contributed by atoms with Crippen molar-refractivity contribution in [3.63, 3.8) is 0 Å². The highest BCUT2D eigenvalue weighted by atomic mass is 32.1. The van der Waals surface area contributed by atoms with E-state index in [2.05, 4.69) is 15.8 Å². The van der Waals surface area contributed by atoms with Crippen LogP contribution in [0.5, 0.6) is 0 Å². The zero-order valence-corrected chi connectivity index (χ0v) is 12.2. The first-order valence-corrected chi connectivity index (χ1v) is 7.37. The quantitative estimate of drug-likeness (QED) is 0.570. The first-order chi connectivity index (χ1) is 10.7. The molecule has 3 aromatic rings. The SMILES string of the molecule is O=C(NNc1ccc(F)nc1)c1ccc(-c2ccccc2)s1. The molecule has 2 N–H and O–H groups in total. The molecule has 0 aliphatic rings. The van der Waals surface area contributed by atoms with Crippen molar-refractivity contribution >= 4 is 22.9 Å². The van der Waals surface area contributed by atoms with Gasteiger partial charge in [-0.2, -0.15) is 4.39 Å². The van der Waals surface area contributed by atoms with Crippen molar-refractivity contribution in [1.82, 2.24) is 10.4 Å². The lowest BCUT2D eigenvalue weighted by atomic mass is 10.2. The summed E-state index contributed by atoms with van der Waals surface area (Å²) in [6.07, 6.45) is 1.30. The molecule has 2 heterocycles.